The van der Waals surface area contributed by atoms with Gasteiger partial charge in [-0.1, -0.05) is 6.07 Å². The zero-order chi connectivity index (χ0) is 15.1. The first kappa shape index (κ1) is 13.5. The van der Waals surface area contributed by atoms with Crippen molar-refractivity contribution in [3.8, 4) is 11.5 Å². The van der Waals surface area contributed by atoms with Gasteiger partial charge in [-0.15, -0.1) is 0 Å². The number of phenols is 1. The van der Waals surface area contributed by atoms with E-state index in [2.05, 4.69) is 0 Å². The van der Waals surface area contributed by atoms with E-state index in [-0.39, 0.29) is 22.7 Å². The lowest BCUT2D eigenvalue weighted by Gasteiger charge is -2.11. The summed E-state index contributed by atoms with van der Waals surface area (Å²) < 4.78 is 11.3. The SMILES string of the molecule is Cc1ccc2c(=O)c3c(O)cc(OC(C)C)cc3oc2c1. The zero-order valence-electron chi connectivity index (χ0n) is 12.1. The number of hydrogen-bond acceptors (Lipinski definition) is 4. The molecule has 108 valence electrons. The summed E-state index contributed by atoms with van der Waals surface area (Å²) in [5, 5.41) is 10.8. The van der Waals surface area contributed by atoms with Crippen molar-refractivity contribution in [1.82, 2.24) is 0 Å². The number of phenolic OH excluding ortho intramolecular Hbond substituents is 1. The summed E-state index contributed by atoms with van der Waals surface area (Å²) in [6.45, 7) is 5.71. The maximum atomic E-state index is 12.5. The fourth-order valence-electron chi connectivity index (χ4n) is 2.38. The Balaban J connectivity index is 2.37. The summed E-state index contributed by atoms with van der Waals surface area (Å²) in [5.74, 6) is 0.351. The van der Waals surface area contributed by atoms with Crippen LogP contribution in [0.3, 0.4) is 0 Å². The second kappa shape index (κ2) is 4.81. The number of aromatic hydroxyl groups is 1. The molecule has 0 aliphatic heterocycles. The third-order valence-corrected chi connectivity index (χ3v) is 3.26. The minimum Gasteiger partial charge on any atom is -0.507 e. The average molecular weight is 284 g/mol. The van der Waals surface area contributed by atoms with E-state index in [1.807, 2.05) is 32.9 Å². The summed E-state index contributed by atoms with van der Waals surface area (Å²) in [6.07, 6.45) is -0.0312. The maximum absolute atomic E-state index is 12.5. The van der Waals surface area contributed by atoms with E-state index in [4.69, 9.17) is 9.15 Å². The molecule has 2 aromatic carbocycles. The third-order valence-electron chi connectivity index (χ3n) is 3.26. The molecule has 0 aliphatic rings. The number of benzene rings is 2. The van der Waals surface area contributed by atoms with Crippen molar-refractivity contribution in [2.75, 3.05) is 0 Å². The highest BCUT2D eigenvalue weighted by molar-refractivity contribution is 5.93. The molecule has 0 spiro atoms. The largest absolute Gasteiger partial charge is 0.507 e. The van der Waals surface area contributed by atoms with Crippen LogP contribution in [0.15, 0.2) is 39.5 Å². The van der Waals surface area contributed by atoms with Gasteiger partial charge in [0.2, 0.25) is 5.43 Å². The normalized spacial score (nSPS) is 11.4. The Hall–Kier alpha value is -2.49. The van der Waals surface area contributed by atoms with Gasteiger partial charge in [-0.2, -0.15) is 0 Å². The van der Waals surface area contributed by atoms with Crippen molar-refractivity contribution < 1.29 is 14.3 Å². The standard InChI is InChI=1S/C17H16O4/c1-9(2)20-11-7-13(18)16-15(8-11)21-14-6-10(3)4-5-12(14)17(16)19/h4-9,18H,1-3H3. The number of rotatable bonds is 2. The van der Waals surface area contributed by atoms with Gasteiger partial charge in [0.15, 0.2) is 0 Å². The predicted octanol–water partition coefficient (Wildman–Crippen LogP) is 3.75. The van der Waals surface area contributed by atoms with Crippen LogP contribution in [0.5, 0.6) is 11.5 Å². The van der Waals surface area contributed by atoms with Gasteiger partial charge in [0.1, 0.15) is 28.1 Å². The van der Waals surface area contributed by atoms with Gasteiger partial charge >= 0.3 is 0 Å². The van der Waals surface area contributed by atoms with Gasteiger partial charge in [0, 0.05) is 12.1 Å². The highest BCUT2D eigenvalue weighted by Gasteiger charge is 2.14. The van der Waals surface area contributed by atoms with Crippen LogP contribution in [0.2, 0.25) is 0 Å². The summed E-state index contributed by atoms with van der Waals surface area (Å²) in [4.78, 5) is 12.5. The molecule has 1 heterocycles. The van der Waals surface area contributed by atoms with Crippen molar-refractivity contribution in [1.29, 1.82) is 0 Å². The molecule has 1 N–H and O–H groups in total. The van der Waals surface area contributed by atoms with Crippen LogP contribution in [-0.4, -0.2) is 11.2 Å². The Morgan fingerprint density at radius 3 is 2.62 bits per heavy atom. The molecular formula is C17H16O4. The van der Waals surface area contributed by atoms with Crippen molar-refractivity contribution in [2.24, 2.45) is 0 Å². The first-order valence-electron chi connectivity index (χ1n) is 6.82. The van der Waals surface area contributed by atoms with Gasteiger partial charge in [0.05, 0.1) is 11.5 Å². The highest BCUT2D eigenvalue weighted by atomic mass is 16.5. The van der Waals surface area contributed by atoms with Crippen LogP contribution in [-0.2, 0) is 0 Å². The van der Waals surface area contributed by atoms with Gasteiger partial charge in [-0.3, -0.25) is 4.79 Å². The lowest BCUT2D eigenvalue weighted by atomic mass is 10.1. The molecule has 4 nitrogen and oxygen atoms in total. The predicted molar refractivity (Wildman–Crippen MR) is 82.2 cm³/mol. The monoisotopic (exact) mass is 284 g/mol. The van der Waals surface area contributed by atoms with E-state index < -0.39 is 0 Å². The van der Waals surface area contributed by atoms with Gasteiger partial charge < -0.3 is 14.3 Å². The summed E-state index contributed by atoms with van der Waals surface area (Å²) >= 11 is 0. The van der Waals surface area contributed by atoms with Gasteiger partial charge in [0.25, 0.3) is 0 Å². The molecule has 0 radical (unpaired) electrons. The molecule has 0 amide bonds. The molecule has 3 rings (SSSR count). The van der Waals surface area contributed by atoms with E-state index in [1.54, 1.807) is 12.1 Å². The maximum Gasteiger partial charge on any atom is 0.204 e. The first-order valence-corrected chi connectivity index (χ1v) is 6.82. The Morgan fingerprint density at radius 1 is 1.14 bits per heavy atom. The average Bonchev–Trinajstić information content (AvgIpc) is 2.36. The Labute approximate surface area is 121 Å². The molecular weight excluding hydrogens is 268 g/mol. The molecule has 0 atom stereocenters. The molecule has 0 aliphatic carbocycles. The van der Waals surface area contributed by atoms with E-state index in [0.29, 0.717) is 22.3 Å². The van der Waals surface area contributed by atoms with Gasteiger partial charge in [-0.05, 0) is 38.5 Å². The van der Waals surface area contributed by atoms with E-state index in [9.17, 15) is 9.90 Å². The molecule has 21 heavy (non-hydrogen) atoms. The Morgan fingerprint density at radius 2 is 1.90 bits per heavy atom. The number of fused-ring (bicyclic) bond motifs is 2. The van der Waals surface area contributed by atoms with Crippen LogP contribution in [0, 0.1) is 6.92 Å². The van der Waals surface area contributed by atoms with Crippen LogP contribution >= 0.6 is 0 Å². The molecule has 0 fully saturated rings. The van der Waals surface area contributed by atoms with Crippen LogP contribution in [0.25, 0.3) is 21.9 Å². The summed E-state index contributed by atoms with van der Waals surface area (Å²) in [6, 6.07) is 8.45. The quantitative estimate of drug-likeness (QED) is 0.728. The molecule has 0 saturated carbocycles. The second-order valence-electron chi connectivity index (χ2n) is 5.41. The lowest BCUT2D eigenvalue weighted by Crippen LogP contribution is -2.07. The fourth-order valence-corrected chi connectivity index (χ4v) is 2.38. The highest BCUT2D eigenvalue weighted by Crippen LogP contribution is 2.31. The van der Waals surface area contributed by atoms with E-state index in [0.717, 1.165) is 5.56 Å². The van der Waals surface area contributed by atoms with Gasteiger partial charge in [-0.25, -0.2) is 0 Å². The molecule has 0 bridgehead atoms. The minimum absolute atomic E-state index is 0.0312. The third kappa shape index (κ3) is 2.33. The van der Waals surface area contributed by atoms with Crippen molar-refractivity contribution >= 4 is 21.9 Å². The molecule has 0 unspecified atom stereocenters. The Bertz CT molecular complexity index is 891. The van der Waals surface area contributed by atoms with E-state index in [1.165, 1.54) is 6.07 Å². The second-order valence-corrected chi connectivity index (χ2v) is 5.41. The fraction of sp³-hybridized carbons (Fsp3) is 0.235. The summed E-state index contributed by atoms with van der Waals surface area (Å²) in [5.41, 5.74) is 1.60. The molecule has 1 aromatic heterocycles. The van der Waals surface area contributed by atoms with E-state index >= 15 is 0 Å². The smallest absolute Gasteiger partial charge is 0.204 e. The van der Waals surface area contributed by atoms with Crippen LogP contribution in [0.1, 0.15) is 19.4 Å². The zero-order valence-corrected chi connectivity index (χ0v) is 12.1. The van der Waals surface area contributed by atoms with Crippen LogP contribution < -0.4 is 10.2 Å². The molecule has 3 aromatic rings. The Kier molecular flexibility index (Phi) is 3.09. The number of ether oxygens (including phenoxy) is 1. The topological polar surface area (TPSA) is 59.7 Å². The first-order chi connectivity index (χ1) is 9.95. The number of hydrogen-bond donors (Lipinski definition) is 1. The molecule has 4 heteroatoms. The van der Waals surface area contributed by atoms with Crippen molar-refractivity contribution in [3.63, 3.8) is 0 Å². The van der Waals surface area contributed by atoms with Crippen LogP contribution in [0.4, 0.5) is 0 Å². The summed E-state index contributed by atoms with van der Waals surface area (Å²) in [7, 11) is 0. The minimum atomic E-state index is -0.236. The molecule has 0 saturated heterocycles. The number of aryl methyl sites for hydroxylation is 1. The van der Waals surface area contributed by atoms with Crippen molar-refractivity contribution in [2.45, 2.75) is 26.9 Å². The lowest BCUT2D eigenvalue weighted by molar-refractivity contribution is 0.241. The van der Waals surface area contributed by atoms with Crippen molar-refractivity contribution in [3.05, 3.63) is 46.1 Å².